The molecule has 21 heavy (non-hydrogen) atoms. The maximum absolute atomic E-state index is 11.8. The maximum Gasteiger partial charge on any atom is 0.325 e. The van der Waals surface area contributed by atoms with Gasteiger partial charge in [0.05, 0.1) is 6.61 Å². The number of nitrogens with zero attached hydrogens (tertiary/aromatic N) is 2. The van der Waals surface area contributed by atoms with Crippen LogP contribution in [0.1, 0.15) is 32.8 Å². The van der Waals surface area contributed by atoms with Crippen molar-refractivity contribution in [2.75, 3.05) is 20.2 Å². The molecular weight excluding hydrogens is 266 g/mol. The molecule has 0 saturated carbocycles. The summed E-state index contributed by atoms with van der Waals surface area (Å²) in [5, 5.41) is 0. The molecule has 1 heterocycles. The van der Waals surface area contributed by atoms with Gasteiger partial charge in [0.2, 0.25) is 0 Å². The Morgan fingerprint density at radius 2 is 2.10 bits per heavy atom. The first-order valence-corrected chi connectivity index (χ1v) is 7.42. The Hall–Kier alpha value is -1.46. The molecule has 0 aromatic carbocycles. The Morgan fingerprint density at radius 1 is 1.48 bits per heavy atom. The summed E-state index contributed by atoms with van der Waals surface area (Å²) in [6.07, 6.45) is 5.12. The van der Waals surface area contributed by atoms with Crippen molar-refractivity contribution in [2.24, 2.45) is 5.73 Å². The van der Waals surface area contributed by atoms with Crippen LogP contribution in [-0.4, -0.2) is 47.6 Å². The summed E-state index contributed by atoms with van der Waals surface area (Å²) in [5.41, 5.74) is 6.39. The molecule has 1 aromatic heterocycles. The summed E-state index contributed by atoms with van der Waals surface area (Å²) >= 11 is 0. The van der Waals surface area contributed by atoms with Gasteiger partial charge < -0.3 is 15.4 Å². The molecule has 0 fully saturated rings. The number of hydrogen-bond acceptors (Lipinski definition) is 5. The summed E-state index contributed by atoms with van der Waals surface area (Å²) in [5.74, 6) is -0.334. The highest BCUT2D eigenvalue weighted by Crippen LogP contribution is 2.15. The maximum atomic E-state index is 11.8. The second-order valence-corrected chi connectivity index (χ2v) is 5.78. The van der Waals surface area contributed by atoms with Crippen LogP contribution < -0.4 is 5.73 Å². The van der Waals surface area contributed by atoms with Gasteiger partial charge in [-0.05, 0) is 58.4 Å². The Morgan fingerprint density at radius 3 is 2.67 bits per heavy atom. The smallest absolute Gasteiger partial charge is 0.325 e. The molecule has 2 unspecified atom stereocenters. The van der Waals surface area contributed by atoms with Crippen LogP contribution in [0.3, 0.4) is 0 Å². The zero-order valence-corrected chi connectivity index (χ0v) is 13.5. The van der Waals surface area contributed by atoms with Crippen molar-refractivity contribution in [1.82, 2.24) is 9.88 Å². The average Bonchev–Trinajstić information content (AvgIpc) is 2.45. The number of pyridine rings is 1. The predicted octanol–water partition coefficient (Wildman–Crippen LogP) is 1.62. The minimum absolute atomic E-state index is 0.200. The number of hydrogen-bond donors (Lipinski definition) is 1. The number of rotatable bonds is 8. The lowest BCUT2D eigenvalue weighted by molar-refractivity contribution is -0.149. The summed E-state index contributed by atoms with van der Waals surface area (Å²) in [6.45, 7) is 6.87. The largest absolute Gasteiger partial charge is 0.465 e. The number of carbonyl (C=O) groups is 1. The Balaban J connectivity index is 2.46. The Labute approximate surface area is 127 Å². The van der Waals surface area contributed by atoms with E-state index in [1.54, 1.807) is 26.2 Å². The molecule has 0 radical (unpaired) electrons. The van der Waals surface area contributed by atoms with Gasteiger partial charge in [-0.2, -0.15) is 0 Å². The van der Waals surface area contributed by atoms with Crippen molar-refractivity contribution < 1.29 is 9.53 Å². The highest BCUT2D eigenvalue weighted by Gasteiger charge is 2.32. The molecule has 0 saturated heterocycles. The quantitative estimate of drug-likeness (QED) is 0.738. The fourth-order valence-corrected chi connectivity index (χ4v) is 2.22. The lowest BCUT2D eigenvalue weighted by Crippen LogP contribution is -2.50. The molecule has 5 nitrogen and oxygen atoms in total. The van der Waals surface area contributed by atoms with E-state index in [9.17, 15) is 4.79 Å². The fourth-order valence-electron chi connectivity index (χ4n) is 2.22. The predicted molar refractivity (Wildman–Crippen MR) is 83.9 cm³/mol. The van der Waals surface area contributed by atoms with Gasteiger partial charge in [0.1, 0.15) is 5.54 Å². The molecule has 0 spiro atoms. The second kappa shape index (κ2) is 8.10. The molecule has 0 aliphatic heterocycles. The highest BCUT2D eigenvalue weighted by atomic mass is 16.5. The van der Waals surface area contributed by atoms with Crippen LogP contribution in [0.4, 0.5) is 0 Å². The van der Waals surface area contributed by atoms with Crippen molar-refractivity contribution >= 4 is 5.97 Å². The first kappa shape index (κ1) is 17.6. The molecule has 2 atom stereocenters. The van der Waals surface area contributed by atoms with Crippen molar-refractivity contribution in [2.45, 2.75) is 45.2 Å². The van der Waals surface area contributed by atoms with E-state index in [0.717, 1.165) is 13.0 Å². The number of esters is 1. The lowest BCUT2D eigenvalue weighted by atomic mass is 9.94. The third kappa shape index (κ3) is 5.81. The number of ether oxygens (including phenoxy) is 1. The van der Waals surface area contributed by atoms with Gasteiger partial charge in [-0.15, -0.1) is 0 Å². The van der Waals surface area contributed by atoms with Crippen LogP contribution in [0.25, 0.3) is 0 Å². The molecule has 0 amide bonds. The molecule has 1 rings (SSSR count). The van der Waals surface area contributed by atoms with Crippen molar-refractivity contribution in [3.8, 4) is 0 Å². The van der Waals surface area contributed by atoms with Crippen LogP contribution in [0.5, 0.6) is 0 Å². The number of likely N-dealkylation sites (N-methyl/N-ethyl adjacent to an activating group) is 1. The van der Waals surface area contributed by atoms with E-state index in [-0.39, 0.29) is 12.0 Å². The van der Waals surface area contributed by atoms with E-state index in [4.69, 9.17) is 10.5 Å². The lowest BCUT2D eigenvalue weighted by Gasteiger charge is -2.31. The molecule has 1 aromatic rings. The molecule has 0 aliphatic rings. The molecule has 0 aliphatic carbocycles. The first-order chi connectivity index (χ1) is 9.86. The summed E-state index contributed by atoms with van der Waals surface area (Å²) in [6, 6.07) is 4.24. The van der Waals surface area contributed by atoms with Crippen molar-refractivity contribution in [3.05, 3.63) is 30.1 Å². The number of nitrogens with two attached hydrogens (primary N) is 1. The van der Waals surface area contributed by atoms with E-state index in [1.165, 1.54) is 5.56 Å². The van der Waals surface area contributed by atoms with E-state index in [1.807, 2.05) is 19.2 Å². The van der Waals surface area contributed by atoms with Crippen LogP contribution in [0.15, 0.2) is 24.5 Å². The SMILES string of the molecule is CCOC(=O)C(C)(N)CC(C)N(C)CCc1ccncc1. The topological polar surface area (TPSA) is 68.5 Å². The monoisotopic (exact) mass is 293 g/mol. The van der Waals surface area contributed by atoms with Gasteiger partial charge in [0.25, 0.3) is 0 Å². The average molecular weight is 293 g/mol. The van der Waals surface area contributed by atoms with Crippen LogP contribution in [-0.2, 0) is 16.0 Å². The molecular formula is C16H27N3O2. The van der Waals surface area contributed by atoms with E-state index in [2.05, 4.69) is 16.8 Å². The van der Waals surface area contributed by atoms with Gasteiger partial charge >= 0.3 is 5.97 Å². The Kier molecular flexibility index (Phi) is 6.78. The minimum atomic E-state index is -0.944. The third-order valence-electron chi connectivity index (χ3n) is 3.72. The van der Waals surface area contributed by atoms with Gasteiger partial charge in [-0.1, -0.05) is 0 Å². The van der Waals surface area contributed by atoms with Crippen LogP contribution in [0, 0.1) is 0 Å². The van der Waals surface area contributed by atoms with E-state index >= 15 is 0 Å². The second-order valence-electron chi connectivity index (χ2n) is 5.78. The van der Waals surface area contributed by atoms with Crippen LogP contribution >= 0.6 is 0 Å². The number of carbonyl (C=O) groups excluding carboxylic acids is 1. The van der Waals surface area contributed by atoms with E-state index < -0.39 is 5.54 Å². The van der Waals surface area contributed by atoms with Crippen molar-refractivity contribution in [3.63, 3.8) is 0 Å². The van der Waals surface area contributed by atoms with Gasteiger partial charge in [-0.25, -0.2) is 0 Å². The summed E-state index contributed by atoms with van der Waals surface area (Å²) in [7, 11) is 2.05. The van der Waals surface area contributed by atoms with Crippen LogP contribution in [0.2, 0.25) is 0 Å². The molecule has 5 heteroatoms. The highest BCUT2D eigenvalue weighted by molar-refractivity contribution is 5.80. The zero-order chi connectivity index (χ0) is 15.9. The Bertz CT molecular complexity index is 434. The van der Waals surface area contributed by atoms with Gasteiger partial charge in [-0.3, -0.25) is 9.78 Å². The summed E-state index contributed by atoms with van der Waals surface area (Å²) in [4.78, 5) is 18.1. The number of aromatic nitrogens is 1. The normalized spacial score (nSPS) is 15.5. The minimum Gasteiger partial charge on any atom is -0.465 e. The van der Waals surface area contributed by atoms with Gasteiger partial charge in [0.15, 0.2) is 0 Å². The van der Waals surface area contributed by atoms with E-state index in [0.29, 0.717) is 13.0 Å². The first-order valence-electron chi connectivity index (χ1n) is 7.42. The third-order valence-corrected chi connectivity index (χ3v) is 3.72. The molecule has 2 N–H and O–H groups in total. The standard InChI is InChI=1S/C16H27N3O2/c1-5-21-15(20)16(3,17)12-13(2)19(4)11-8-14-6-9-18-10-7-14/h6-7,9-10,13H,5,8,11-12,17H2,1-4H3. The zero-order valence-electron chi connectivity index (χ0n) is 13.5. The molecule has 118 valence electrons. The van der Waals surface area contributed by atoms with Crippen molar-refractivity contribution in [1.29, 1.82) is 0 Å². The van der Waals surface area contributed by atoms with Gasteiger partial charge in [0, 0.05) is 25.0 Å². The fraction of sp³-hybridized carbons (Fsp3) is 0.625. The molecule has 0 bridgehead atoms. The summed E-state index contributed by atoms with van der Waals surface area (Å²) < 4.78 is 5.03.